The van der Waals surface area contributed by atoms with Crippen LogP contribution in [-0.2, 0) is 11.3 Å². The molecule has 1 atom stereocenters. The Hall–Kier alpha value is -0.740. The SMILES string of the molecule is CC(=O)C1CCCN(Cc2ccc(Br)cn2)C1. The van der Waals surface area contributed by atoms with Crippen molar-refractivity contribution >= 4 is 21.7 Å². The minimum atomic E-state index is 0.221. The first-order valence-electron chi connectivity index (χ1n) is 5.98. The maximum Gasteiger partial charge on any atom is 0.134 e. The van der Waals surface area contributed by atoms with E-state index in [1.54, 1.807) is 6.92 Å². The second kappa shape index (κ2) is 5.74. The molecule has 2 rings (SSSR count). The van der Waals surface area contributed by atoms with Gasteiger partial charge >= 0.3 is 0 Å². The third-order valence-corrected chi connectivity index (χ3v) is 3.72. The van der Waals surface area contributed by atoms with E-state index < -0.39 is 0 Å². The third-order valence-electron chi connectivity index (χ3n) is 3.25. The lowest BCUT2D eigenvalue weighted by molar-refractivity contribution is -0.122. The van der Waals surface area contributed by atoms with E-state index in [2.05, 4.69) is 25.8 Å². The van der Waals surface area contributed by atoms with Crippen LogP contribution in [0, 0.1) is 5.92 Å². The predicted molar refractivity (Wildman–Crippen MR) is 70.6 cm³/mol. The fraction of sp³-hybridized carbons (Fsp3) is 0.538. The van der Waals surface area contributed by atoms with Crippen LogP contribution in [0.2, 0.25) is 0 Å². The third kappa shape index (κ3) is 3.61. The molecule has 1 aromatic rings. The number of likely N-dealkylation sites (tertiary alicyclic amines) is 1. The van der Waals surface area contributed by atoms with Crippen LogP contribution in [0.4, 0.5) is 0 Å². The van der Waals surface area contributed by atoms with Gasteiger partial charge in [-0.2, -0.15) is 0 Å². The monoisotopic (exact) mass is 296 g/mol. The number of hydrogen-bond donors (Lipinski definition) is 0. The molecule has 2 heterocycles. The van der Waals surface area contributed by atoms with Crippen LogP contribution in [0.5, 0.6) is 0 Å². The molecular formula is C13H17BrN2O. The van der Waals surface area contributed by atoms with Gasteiger partial charge in [-0.25, -0.2) is 0 Å². The van der Waals surface area contributed by atoms with Crippen molar-refractivity contribution in [2.24, 2.45) is 5.92 Å². The van der Waals surface area contributed by atoms with Gasteiger partial charge in [0.2, 0.25) is 0 Å². The Labute approximate surface area is 110 Å². The molecule has 1 aromatic heterocycles. The summed E-state index contributed by atoms with van der Waals surface area (Å²) in [6, 6.07) is 4.04. The molecule has 4 heteroatoms. The largest absolute Gasteiger partial charge is 0.300 e. The van der Waals surface area contributed by atoms with E-state index in [9.17, 15) is 4.79 Å². The van der Waals surface area contributed by atoms with Crippen molar-refractivity contribution in [3.8, 4) is 0 Å². The zero-order valence-electron chi connectivity index (χ0n) is 10.0. The molecule has 1 aliphatic rings. The Bertz CT molecular complexity index is 391. The smallest absolute Gasteiger partial charge is 0.134 e. The number of ketones is 1. The number of rotatable bonds is 3. The molecule has 1 fully saturated rings. The van der Waals surface area contributed by atoms with E-state index in [-0.39, 0.29) is 5.92 Å². The van der Waals surface area contributed by atoms with Gasteiger partial charge < -0.3 is 0 Å². The summed E-state index contributed by atoms with van der Waals surface area (Å²) in [5.74, 6) is 0.540. The van der Waals surface area contributed by atoms with E-state index in [0.29, 0.717) is 5.78 Å². The van der Waals surface area contributed by atoms with Gasteiger partial charge in [-0.05, 0) is 54.4 Å². The number of aromatic nitrogens is 1. The quantitative estimate of drug-likeness (QED) is 0.860. The standard InChI is InChI=1S/C13H17BrN2O/c1-10(17)11-3-2-6-16(8-11)9-13-5-4-12(14)7-15-13/h4-5,7,11H,2-3,6,8-9H2,1H3. The normalized spacial score (nSPS) is 21.4. The predicted octanol–water partition coefficient (Wildman–Crippen LogP) is 2.65. The summed E-state index contributed by atoms with van der Waals surface area (Å²) in [5.41, 5.74) is 1.07. The average molecular weight is 297 g/mol. The molecule has 0 amide bonds. The van der Waals surface area contributed by atoms with Gasteiger partial charge in [0.05, 0.1) is 5.69 Å². The lowest BCUT2D eigenvalue weighted by Gasteiger charge is -2.31. The number of halogens is 1. The van der Waals surface area contributed by atoms with Gasteiger partial charge in [0.15, 0.2) is 0 Å². The molecule has 0 radical (unpaired) electrons. The lowest BCUT2D eigenvalue weighted by Crippen LogP contribution is -2.37. The van der Waals surface area contributed by atoms with Crippen LogP contribution in [0.25, 0.3) is 0 Å². The molecule has 3 nitrogen and oxygen atoms in total. The molecular weight excluding hydrogens is 280 g/mol. The second-order valence-corrected chi connectivity index (χ2v) is 5.57. The highest BCUT2D eigenvalue weighted by Gasteiger charge is 2.23. The fourth-order valence-corrected chi connectivity index (χ4v) is 2.49. The van der Waals surface area contributed by atoms with E-state index in [4.69, 9.17) is 0 Å². The Morgan fingerprint density at radius 1 is 1.59 bits per heavy atom. The summed E-state index contributed by atoms with van der Waals surface area (Å²) in [7, 11) is 0. The minimum Gasteiger partial charge on any atom is -0.300 e. The molecule has 0 spiro atoms. The summed E-state index contributed by atoms with van der Waals surface area (Å²) in [6.45, 7) is 4.50. The van der Waals surface area contributed by atoms with Crippen LogP contribution in [-0.4, -0.2) is 28.8 Å². The van der Waals surface area contributed by atoms with Gasteiger partial charge in [-0.1, -0.05) is 0 Å². The molecule has 0 aliphatic carbocycles. The molecule has 17 heavy (non-hydrogen) atoms. The molecule has 0 aromatic carbocycles. The highest BCUT2D eigenvalue weighted by atomic mass is 79.9. The first kappa shape index (κ1) is 12.7. The molecule has 0 N–H and O–H groups in total. The van der Waals surface area contributed by atoms with E-state index >= 15 is 0 Å². The molecule has 0 bridgehead atoms. The van der Waals surface area contributed by atoms with Gasteiger partial charge in [0.1, 0.15) is 5.78 Å². The minimum absolute atomic E-state index is 0.221. The summed E-state index contributed by atoms with van der Waals surface area (Å²) in [5, 5.41) is 0. The highest BCUT2D eigenvalue weighted by Crippen LogP contribution is 2.19. The Kier molecular flexibility index (Phi) is 4.29. The van der Waals surface area contributed by atoms with Gasteiger partial charge in [-0.3, -0.25) is 14.7 Å². The van der Waals surface area contributed by atoms with Crippen molar-refractivity contribution in [1.82, 2.24) is 9.88 Å². The van der Waals surface area contributed by atoms with Crippen molar-refractivity contribution in [1.29, 1.82) is 0 Å². The molecule has 92 valence electrons. The maximum absolute atomic E-state index is 11.4. The van der Waals surface area contributed by atoms with Crippen molar-refractivity contribution in [3.63, 3.8) is 0 Å². The second-order valence-electron chi connectivity index (χ2n) is 4.65. The van der Waals surface area contributed by atoms with Crippen molar-refractivity contribution in [2.75, 3.05) is 13.1 Å². The fourth-order valence-electron chi connectivity index (χ4n) is 2.26. The number of carbonyl (C=O) groups excluding carboxylic acids is 1. The first-order valence-corrected chi connectivity index (χ1v) is 6.77. The van der Waals surface area contributed by atoms with Crippen molar-refractivity contribution in [2.45, 2.75) is 26.3 Å². The number of carbonyl (C=O) groups is 1. The number of Topliss-reactive ketones (excluding diaryl/α,β-unsaturated/α-hetero) is 1. The number of piperidine rings is 1. The molecule has 0 saturated carbocycles. The number of hydrogen-bond acceptors (Lipinski definition) is 3. The van der Waals surface area contributed by atoms with Crippen molar-refractivity contribution < 1.29 is 4.79 Å². The summed E-state index contributed by atoms with van der Waals surface area (Å²) >= 11 is 3.38. The van der Waals surface area contributed by atoms with Crippen LogP contribution < -0.4 is 0 Å². The van der Waals surface area contributed by atoms with E-state index in [1.807, 2.05) is 18.3 Å². The van der Waals surface area contributed by atoms with Crippen LogP contribution in [0.3, 0.4) is 0 Å². The summed E-state index contributed by atoms with van der Waals surface area (Å²) in [4.78, 5) is 18.1. The highest BCUT2D eigenvalue weighted by molar-refractivity contribution is 9.10. The Morgan fingerprint density at radius 3 is 3.06 bits per heavy atom. The average Bonchev–Trinajstić information content (AvgIpc) is 2.32. The van der Waals surface area contributed by atoms with Crippen LogP contribution >= 0.6 is 15.9 Å². The molecule has 1 saturated heterocycles. The summed E-state index contributed by atoms with van der Waals surface area (Å²) in [6.07, 6.45) is 3.97. The van der Waals surface area contributed by atoms with Gasteiger partial charge in [0, 0.05) is 29.7 Å². The van der Waals surface area contributed by atoms with Crippen LogP contribution in [0.15, 0.2) is 22.8 Å². The van der Waals surface area contributed by atoms with Crippen LogP contribution in [0.1, 0.15) is 25.5 Å². The topological polar surface area (TPSA) is 33.2 Å². The van der Waals surface area contributed by atoms with Gasteiger partial charge in [0.25, 0.3) is 0 Å². The van der Waals surface area contributed by atoms with E-state index in [1.165, 1.54) is 0 Å². The van der Waals surface area contributed by atoms with Crippen molar-refractivity contribution in [3.05, 3.63) is 28.5 Å². The number of pyridine rings is 1. The maximum atomic E-state index is 11.4. The Morgan fingerprint density at radius 2 is 2.41 bits per heavy atom. The Balaban J connectivity index is 1.94. The zero-order valence-corrected chi connectivity index (χ0v) is 11.6. The lowest BCUT2D eigenvalue weighted by atomic mass is 9.94. The molecule has 1 unspecified atom stereocenters. The first-order chi connectivity index (χ1) is 8.15. The zero-order chi connectivity index (χ0) is 12.3. The van der Waals surface area contributed by atoms with E-state index in [0.717, 1.165) is 42.6 Å². The molecule has 1 aliphatic heterocycles. The van der Waals surface area contributed by atoms with Gasteiger partial charge in [-0.15, -0.1) is 0 Å². The number of nitrogens with zero attached hydrogens (tertiary/aromatic N) is 2. The summed E-state index contributed by atoms with van der Waals surface area (Å²) < 4.78 is 1.00.